The van der Waals surface area contributed by atoms with Crippen molar-refractivity contribution in [2.45, 2.75) is 19.4 Å². The average molecular weight is 568 g/mol. The van der Waals surface area contributed by atoms with E-state index in [4.69, 9.17) is 29.3 Å². The Morgan fingerprint density at radius 3 is 2.86 bits per heavy atom. The number of rotatable bonds is 5. The lowest BCUT2D eigenvalue weighted by atomic mass is 10.1. The Kier molecular flexibility index (Phi) is 7.14. The van der Waals surface area contributed by atoms with Gasteiger partial charge in [0.05, 0.1) is 37.6 Å². The average Bonchev–Trinajstić information content (AvgIpc) is 3.58. The molecule has 2 aliphatic heterocycles. The zero-order valence-corrected chi connectivity index (χ0v) is 23.7. The van der Waals surface area contributed by atoms with Crippen molar-refractivity contribution >= 4 is 22.5 Å². The van der Waals surface area contributed by atoms with Crippen LogP contribution in [0.4, 0.5) is 11.6 Å². The molecule has 1 fully saturated rings. The zero-order chi connectivity index (χ0) is 28.5. The van der Waals surface area contributed by atoms with Gasteiger partial charge in [-0.2, -0.15) is 10.2 Å². The largest absolute Gasteiger partial charge is 0.492 e. The summed E-state index contributed by atoms with van der Waals surface area (Å²) < 4.78 is 21.6. The fraction of sp³-hybridized carbons (Fsp3) is 0.367. The maximum atomic E-state index is 6.23. The standard InChI is InChI=1S/C30H33N9O3/c1-20-7-12-42-30-24(19-33-37(30)2)29-31-8-6-26(35-29)34-27-17-25-23(18-32-27)28(36-39(20)25)21-4-3-5-22(16-21)41-15-11-38-9-13-40-14-10-38/h3-6,8,16-20H,7,9-15H2,1-2H3,(H,31,32,34,35)/t20-/m0/s1. The second-order valence-corrected chi connectivity index (χ2v) is 10.6. The summed E-state index contributed by atoms with van der Waals surface area (Å²) in [6.07, 6.45) is 6.05. The van der Waals surface area contributed by atoms with E-state index in [0.717, 1.165) is 72.7 Å². The van der Waals surface area contributed by atoms with E-state index >= 15 is 0 Å². The van der Waals surface area contributed by atoms with Gasteiger partial charge in [-0.15, -0.1) is 0 Å². The highest BCUT2D eigenvalue weighted by atomic mass is 16.5. The second kappa shape index (κ2) is 11.4. The number of aryl methyl sites for hydroxylation is 1. The van der Waals surface area contributed by atoms with Gasteiger partial charge in [0.15, 0.2) is 5.82 Å². The van der Waals surface area contributed by atoms with E-state index in [1.54, 1.807) is 17.1 Å². The molecule has 6 heterocycles. The predicted molar refractivity (Wildman–Crippen MR) is 158 cm³/mol. The van der Waals surface area contributed by atoms with Gasteiger partial charge in [0.25, 0.3) is 0 Å². The summed E-state index contributed by atoms with van der Waals surface area (Å²) >= 11 is 0. The number of aromatic nitrogens is 7. The number of nitrogens with zero attached hydrogens (tertiary/aromatic N) is 8. The fourth-order valence-corrected chi connectivity index (χ4v) is 5.39. The van der Waals surface area contributed by atoms with Crippen LogP contribution >= 0.6 is 0 Å². The van der Waals surface area contributed by atoms with E-state index in [1.165, 1.54) is 0 Å². The maximum absolute atomic E-state index is 6.23. The Hall–Kier alpha value is -4.55. The molecule has 42 heavy (non-hydrogen) atoms. The Labute approximate surface area is 243 Å². The van der Waals surface area contributed by atoms with Crippen molar-refractivity contribution in [1.29, 1.82) is 0 Å². The van der Waals surface area contributed by atoms with E-state index in [2.05, 4.69) is 44.0 Å². The van der Waals surface area contributed by atoms with Crippen LogP contribution in [0.2, 0.25) is 0 Å². The molecule has 2 aliphatic rings. The molecule has 1 aromatic carbocycles. The Bertz CT molecular complexity index is 1710. The van der Waals surface area contributed by atoms with Crippen LogP contribution in [0.25, 0.3) is 33.5 Å². The van der Waals surface area contributed by atoms with Crippen molar-refractivity contribution in [2.24, 2.45) is 7.05 Å². The maximum Gasteiger partial charge on any atom is 0.222 e. The predicted octanol–water partition coefficient (Wildman–Crippen LogP) is 4.09. The number of benzene rings is 1. The molecule has 1 saturated heterocycles. The van der Waals surface area contributed by atoms with Crippen LogP contribution in [0, 0.1) is 0 Å². The molecule has 12 heteroatoms. The summed E-state index contributed by atoms with van der Waals surface area (Å²) in [6, 6.07) is 12.0. The third kappa shape index (κ3) is 5.26. The summed E-state index contributed by atoms with van der Waals surface area (Å²) in [7, 11) is 1.85. The van der Waals surface area contributed by atoms with Gasteiger partial charge in [0.1, 0.15) is 35.2 Å². The number of anilines is 2. The molecule has 0 radical (unpaired) electrons. The Balaban J connectivity index is 1.21. The lowest BCUT2D eigenvalue weighted by Crippen LogP contribution is -2.38. The normalized spacial score (nSPS) is 17.3. The first-order valence-corrected chi connectivity index (χ1v) is 14.3. The van der Waals surface area contributed by atoms with Gasteiger partial charge in [-0.3, -0.25) is 9.58 Å². The number of fused-ring (bicyclic) bond motifs is 5. The van der Waals surface area contributed by atoms with Crippen LogP contribution in [0.5, 0.6) is 11.6 Å². The second-order valence-electron chi connectivity index (χ2n) is 10.6. The van der Waals surface area contributed by atoms with E-state index < -0.39 is 0 Å². The monoisotopic (exact) mass is 567 g/mol. The molecule has 4 aromatic heterocycles. The van der Waals surface area contributed by atoms with Crippen molar-refractivity contribution in [3.63, 3.8) is 0 Å². The molecule has 0 spiro atoms. The highest BCUT2D eigenvalue weighted by Gasteiger charge is 2.21. The van der Waals surface area contributed by atoms with Gasteiger partial charge >= 0.3 is 0 Å². The van der Waals surface area contributed by atoms with Gasteiger partial charge in [-0.1, -0.05) is 12.1 Å². The smallest absolute Gasteiger partial charge is 0.222 e. The summed E-state index contributed by atoms with van der Waals surface area (Å²) in [5.74, 6) is 3.28. The van der Waals surface area contributed by atoms with Gasteiger partial charge in [0, 0.05) is 62.5 Å². The minimum atomic E-state index is 0.0538. The van der Waals surface area contributed by atoms with E-state index in [9.17, 15) is 0 Å². The van der Waals surface area contributed by atoms with Gasteiger partial charge < -0.3 is 19.5 Å². The minimum absolute atomic E-state index is 0.0538. The summed E-state index contributed by atoms with van der Waals surface area (Å²) in [6.45, 7) is 7.58. The SMILES string of the molecule is C[C@H]1CCOc2c(cnn2C)-c2nccc(n2)Nc2cc3c(cn2)c(-c2cccc(OCCN4CCOCC4)c2)nn31. The summed E-state index contributed by atoms with van der Waals surface area (Å²) in [4.78, 5) is 16.3. The number of hydrogen-bond acceptors (Lipinski definition) is 10. The molecule has 5 aromatic rings. The molecule has 0 aliphatic carbocycles. The van der Waals surface area contributed by atoms with E-state index in [0.29, 0.717) is 36.6 Å². The lowest BCUT2D eigenvalue weighted by molar-refractivity contribution is 0.0322. The van der Waals surface area contributed by atoms with Crippen molar-refractivity contribution in [1.82, 2.24) is 39.4 Å². The van der Waals surface area contributed by atoms with Gasteiger partial charge in [-0.25, -0.2) is 19.6 Å². The topological polar surface area (TPSA) is 117 Å². The van der Waals surface area contributed by atoms with Crippen LogP contribution in [-0.2, 0) is 11.8 Å². The molecule has 0 saturated carbocycles. The summed E-state index contributed by atoms with van der Waals surface area (Å²) in [5, 5.41) is 13.8. The van der Waals surface area contributed by atoms with E-state index in [-0.39, 0.29) is 6.04 Å². The van der Waals surface area contributed by atoms with Crippen LogP contribution in [-0.4, -0.2) is 85.5 Å². The quantitative estimate of drug-likeness (QED) is 0.333. The van der Waals surface area contributed by atoms with Crippen LogP contribution in [0.1, 0.15) is 19.4 Å². The lowest BCUT2D eigenvalue weighted by Gasteiger charge is -2.26. The third-order valence-corrected chi connectivity index (χ3v) is 7.71. The number of nitrogens with one attached hydrogen (secondary N) is 1. The van der Waals surface area contributed by atoms with Crippen LogP contribution in [0.3, 0.4) is 0 Å². The molecule has 7 rings (SSSR count). The fourth-order valence-electron chi connectivity index (χ4n) is 5.39. The Morgan fingerprint density at radius 1 is 1.05 bits per heavy atom. The third-order valence-electron chi connectivity index (χ3n) is 7.71. The molecule has 1 atom stereocenters. The molecule has 0 unspecified atom stereocenters. The molecule has 1 N–H and O–H groups in total. The molecular formula is C30H33N9O3. The van der Waals surface area contributed by atoms with Crippen molar-refractivity contribution in [3.05, 3.63) is 55.0 Å². The number of morpholine rings is 1. The number of ether oxygens (including phenoxy) is 3. The zero-order valence-electron chi connectivity index (χ0n) is 23.7. The minimum Gasteiger partial charge on any atom is -0.492 e. The van der Waals surface area contributed by atoms with Crippen molar-refractivity contribution in [2.75, 3.05) is 51.4 Å². The number of hydrogen-bond donors (Lipinski definition) is 1. The molecule has 4 bridgehead atoms. The highest BCUT2D eigenvalue weighted by Crippen LogP contribution is 2.34. The van der Waals surface area contributed by atoms with E-state index in [1.807, 2.05) is 37.5 Å². The van der Waals surface area contributed by atoms with Crippen molar-refractivity contribution < 1.29 is 14.2 Å². The first kappa shape index (κ1) is 26.4. The van der Waals surface area contributed by atoms with Crippen molar-refractivity contribution in [3.8, 4) is 34.3 Å². The first-order valence-electron chi connectivity index (χ1n) is 14.3. The highest BCUT2D eigenvalue weighted by molar-refractivity contribution is 5.94. The van der Waals surface area contributed by atoms with Gasteiger partial charge in [0.2, 0.25) is 5.88 Å². The number of pyridine rings is 1. The summed E-state index contributed by atoms with van der Waals surface area (Å²) in [5.41, 5.74) is 3.55. The Morgan fingerprint density at radius 2 is 1.95 bits per heavy atom. The van der Waals surface area contributed by atoms with Crippen LogP contribution < -0.4 is 14.8 Å². The molecular weight excluding hydrogens is 534 g/mol. The molecule has 12 nitrogen and oxygen atoms in total. The van der Waals surface area contributed by atoms with Crippen LogP contribution in [0.15, 0.2) is 55.0 Å². The first-order chi connectivity index (χ1) is 20.6. The molecule has 0 amide bonds. The van der Waals surface area contributed by atoms with Gasteiger partial charge in [-0.05, 0) is 25.1 Å². The molecule has 216 valence electrons.